The van der Waals surface area contributed by atoms with Crippen molar-refractivity contribution in [1.29, 1.82) is 0 Å². The highest BCUT2D eigenvalue weighted by atomic mass is 16.5. The zero-order valence-electron chi connectivity index (χ0n) is 12.5. The predicted molar refractivity (Wildman–Crippen MR) is 81.2 cm³/mol. The summed E-state index contributed by atoms with van der Waals surface area (Å²) in [5.74, 6) is 1.73. The van der Waals surface area contributed by atoms with Crippen molar-refractivity contribution in [2.45, 2.75) is 26.2 Å². The maximum Gasteiger partial charge on any atom is 0.131 e. The van der Waals surface area contributed by atoms with Crippen molar-refractivity contribution in [2.24, 2.45) is 0 Å². The van der Waals surface area contributed by atoms with Crippen LogP contribution in [0.3, 0.4) is 0 Å². The first kappa shape index (κ1) is 16.7. The van der Waals surface area contributed by atoms with Gasteiger partial charge < -0.3 is 20.1 Å². The number of nitrogens with zero attached hydrogens (tertiary/aromatic N) is 2. The fraction of sp³-hybridized carbons (Fsp3) is 0.714. The Morgan fingerprint density at radius 3 is 2.45 bits per heavy atom. The van der Waals surface area contributed by atoms with Gasteiger partial charge in [-0.3, -0.25) is 0 Å². The van der Waals surface area contributed by atoms with Crippen LogP contribution in [-0.2, 0) is 9.47 Å². The minimum atomic E-state index is 0.659. The molecule has 0 aliphatic carbocycles. The lowest BCUT2D eigenvalue weighted by Crippen LogP contribution is -2.08. The summed E-state index contributed by atoms with van der Waals surface area (Å²) in [4.78, 5) is 8.36. The third-order valence-corrected chi connectivity index (χ3v) is 2.68. The monoisotopic (exact) mass is 282 g/mol. The molecule has 0 saturated carbocycles. The average molecular weight is 282 g/mol. The average Bonchev–Trinajstić information content (AvgIpc) is 2.48. The van der Waals surface area contributed by atoms with Crippen LogP contribution in [0.25, 0.3) is 0 Å². The van der Waals surface area contributed by atoms with Crippen molar-refractivity contribution >= 4 is 11.6 Å². The van der Waals surface area contributed by atoms with E-state index in [-0.39, 0.29) is 0 Å². The molecular weight excluding hydrogens is 256 g/mol. The van der Waals surface area contributed by atoms with Gasteiger partial charge in [0, 0.05) is 32.9 Å². The first-order valence-corrected chi connectivity index (χ1v) is 7.23. The van der Waals surface area contributed by atoms with Crippen LogP contribution in [0.1, 0.15) is 26.2 Å². The zero-order valence-corrected chi connectivity index (χ0v) is 12.5. The van der Waals surface area contributed by atoms with E-state index in [9.17, 15) is 0 Å². The molecule has 0 aliphatic rings. The Balaban J connectivity index is 2.09. The fourth-order valence-electron chi connectivity index (χ4n) is 1.59. The molecule has 1 heterocycles. The number of hydrogen-bond donors (Lipinski definition) is 2. The minimum Gasteiger partial charge on any atom is -0.382 e. The largest absolute Gasteiger partial charge is 0.382 e. The smallest absolute Gasteiger partial charge is 0.131 e. The SMILES string of the molecule is CCCNc1cc(NCCCCOCCOC)ncn1. The van der Waals surface area contributed by atoms with E-state index >= 15 is 0 Å². The molecule has 6 heteroatoms. The zero-order chi connectivity index (χ0) is 14.5. The molecule has 0 fully saturated rings. The van der Waals surface area contributed by atoms with Crippen LogP contribution in [0.5, 0.6) is 0 Å². The normalized spacial score (nSPS) is 10.5. The van der Waals surface area contributed by atoms with Gasteiger partial charge in [-0.2, -0.15) is 0 Å². The number of aromatic nitrogens is 2. The number of rotatable bonds is 12. The van der Waals surface area contributed by atoms with Gasteiger partial charge in [-0.1, -0.05) is 6.92 Å². The van der Waals surface area contributed by atoms with Gasteiger partial charge in [0.15, 0.2) is 0 Å². The van der Waals surface area contributed by atoms with E-state index in [1.54, 1.807) is 13.4 Å². The number of hydrogen-bond acceptors (Lipinski definition) is 6. The van der Waals surface area contributed by atoms with Crippen molar-refractivity contribution in [3.05, 3.63) is 12.4 Å². The van der Waals surface area contributed by atoms with E-state index in [0.29, 0.717) is 13.2 Å². The Morgan fingerprint density at radius 1 is 1.00 bits per heavy atom. The minimum absolute atomic E-state index is 0.659. The van der Waals surface area contributed by atoms with Gasteiger partial charge in [-0.05, 0) is 19.3 Å². The third kappa shape index (κ3) is 7.91. The summed E-state index contributed by atoms with van der Waals surface area (Å²) in [6.45, 7) is 6.04. The molecule has 0 spiro atoms. The Morgan fingerprint density at radius 2 is 1.75 bits per heavy atom. The molecule has 2 N–H and O–H groups in total. The van der Waals surface area contributed by atoms with E-state index in [1.165, 1.54) is 0 Å². The molecule has 20 heavy (non-hydrogen) atoms. The van der Waals surface area contributed by atoms with Crippen molar-refractivity contribution in [1.82, 2.24) is 9.97 Å². The molecule has 6 nitrogen and oxygen atoms in total. The second-order valence-corrected chi connectivity index (χ2v) is 4.45. The highest BCUT2D eigenvalue weighted by molar-refractivity contribution is 5.46. The van der Waals surface area contributed by atoms with Crippen molar-refractivity contribution < 1.29 is 9.47 Å². The number of unbranched alkanes of at least 4 members (excludes halogenated alkanes) is 1. The highest BCUT2D eigenvalue weighted by Gasteiger charge is 1.97. The van der Waals surface area contributed by atoms with Gasteiger partial charge >= 0.3 is 0 Å². The van der Waals surface area contributed by atoms with E-state index in [0.717, 1.165) is 50.6 Å². The molecular formula is C14H26N4O2. The molecule has 1 rings (SSSR count). The van der Waals surface area contributed by atoms with Gasteiger partial charge in [0.25, 0.3) is 0 Å². The fourth-order valence-corrected chi connectivity index (χ4v) is 1.59. The van der Waals surface area contributed by atoms with Gasteiger partial charge in [0.2, 0.25) is 0 Å². The molecule has 0 bridgehead atoms. The number of nitrogens with one attached hydrogen (secondary N) is 2. The summed E-state index contributed by atoms with van der Waals surface area (Å²) in [6, 6.07) is 1.94. The number of ether oxygens (including phenoxy) is 2. The van der Waals surface area contributed by atoms with Gasteiger partial charge in [-0.15, -0.1) is 0 Å². The predicted octanol–water partition coefficient (Wildman–Crippen LogP) is 2.15. The van der Waals surface area contributed by atoms with Crippen LogP contribution in [0, 0.1) is 0 Å². The van der Waals surface area contributed by atoms with Gasteiger partial charge in [-0.25, -0.2) is 9.97 Å². The molecule has 0 radical (unpaired) electrons. The maximum atomic E-state index is 5.40. The second-order valence-electron chi connectivity index (χ2n) is 4.45. The topological polar surface area (TPSA) is 68.3 Å². The Labute approximate surface area is 121 Å². The van der Waals surface area contributed by atoms with Crippen LogP contribution in [0.4, 0.5) is 11.6 Å². The van der Waals surface area contributed by atoms with E-state index in [2.05, 4.69) is 27.5 Å². The van der Waals surface area contributed by atoms with Crippen molar-refractivity contribution in [3.63, 3.8) is 0 Å². The summed E-state index contributed by atoms with van der Waals surface area (Å²) in [5.41, 5.74) is 0. The number of anilines is 2. The third-order valence-electron chi connectivity index (χ3n) is 2.68. The molecule has 0 amide bonds. The second kappa shape index (κ2) is 11.4. The first-order valence-electron chi connectivity index (χ1n) is 7.23. The van der Waals surface area contributed by atoms with Crippen molar-refractivity contribution in [2.75, 3.05) is 50.7 Å². The standard InChI is InChI=1S/C14H26N4O2/c1-3-6-15-13-11-14(18-12-17-13)16-7-4-5-8-20-10-9-19-2/h11-12H,3-10H2,1-2H3,(H2,15,16,17,18). The summed E-state index contributed by atoms with van der Waals surface area (Å²) in [5, 5.41) is 6.53. The van der Waals surface area contributed by atoms with Crippen LogP contribution in [0.2, 0.25) is 0 Å². The molecule has 1 aromatic heterocycles. The molecule has 0 aliphatic heterocycles. The maximum absolute atomic E-state index is 5.40. The highest BCUT2D eigenvalue weighted by Crippen LogP contribution is 2.08. The Hall–Kier alpha value is -1.40. The molecule has 0 atom stereocenters. The lowest BCUT2D eigenvalue weighted by Gasteiger charge is -2.08. The molecule has 0 unspecified atom stereocenters. The van der Waals surface area contributed by atoms with E-state index in [1.807, 2.05) is 6.07 Å². The van der Waals surface area contributed by atoms with Crippen LogP contribution in [-0.4, -0.2) is 50.0 Å². The van der Waals surface area contributed by atoms with Crippen LogP contribution >= 0.6 is 0 Å². The van der Waals surface area contributed by atoms with E-state index < -0.39 is 0 Å². The van der Waals surface area contributed by atoms with Crippen LogP contribution in [0.15, 0.2) is 12.4 Å². The summed E-state index contributed by atoms with van der Waals surface area (Å²) < 4.78 is 10.3. The molecule has 0 saturated heterocycles. The van der Waals surface area contributed by atoms with Crippen molar-refractivity contribution in [3.8, 4) is 0 Å². The van der Waals surface area contributed by atoms with Gasteiger partial charge in [0.05, 0.1) is 13.2 Å². The lowest BCUT2D eigenvalue weighted by molar-refractivity contribution is 0.0691. The lowest BCUT2D eigenvalue weighted by atomic mass is 10.3. The Kier molecular flexibility index (Phi) is 9.52. The molecule has 0 aromatic carbocycles. The molecule has 1 aromatic rings. The number of methoxy groups -OCH3 is 1. The summed E-state index contributed by atoms with van der Waals surface area (Å²) in [7, 11) is 1.68. The summed E-state index contributed by atoms with van der Waals surface area (Å²) >= 11 is 0. The van der Waals surface area contributed by atoms with E-state index in [4.69, 9.17) is 9.47 Å². The quantitative estimate of drug-likeness (QED) is 0.573. The summed E-state index contributed by atoms with van der Waals surface area (Å²) in [6.07, 6.45) is 4.74. The van der Waals surface area contributed by atoms with Gasteiger partial charge in [0.1, 0.15) is 18.0 Å². The Bertz CT molecular complexity index is 350. The van der Waals surface area contributed by atoms with Crippen LogP contribution < -0.4 is 10.6 Å². The molecule has 114 valence electrons. The first-order chi connectivity index (χ1) is 9.86.